The van der Waals surface area contributed by atoms with Gasteiger partial charge in [0.15, 0.2) is 4.34 Å². The van der Waals surface area contributed by atoms with Crippen LogP contribution in [0.1, 0.15) is 25.3 Å². The number of thioether (sulfide) groups is 1. The molecule has 0 aliphatic rings. The highest BCUT2D eigenvalue weighted by atomic mass is 32.2. The standard InChI is InChI=1S/C15H19N3O5S3/c1-9(2)11-7-10(5-6-12(11)22-3)26(20,21)18-14-16-17-15(25-14)24-8-13(19)23-4/h5-7,9H,8H2,1-4H3,(H,16,18). The molecule has 142 valence electrons. The third kappa shape index (κ3) is 5.08. The SMILES string of the molecule is COC(=O)CSc1nnc(NS(=O)(=O)c2ccc(OC)c(C(C)C)c2)s1. The predicted octanol–water partition coefficient (Wildman–Crippen LogP) is 2.74. The molecule has 0 saturated heterocycles. The topological polar surface area (TPSA) is 107 Å². The van der Waals surface area contributed by atoms with Crippen LogP contribution in [0, 0.1) is 0 Å². The zero-order valence-corrected chi connectivity index (χ0v) is 17.1. The largest absolute Gasteiger partial charge is 0.496 e. The van der Waals surface area contributed by atoms with E-state index in [0.717, 1.165) is 28.7 Å². The van der Waals surface area contributed by atoms with Gasteiger partial charge in [-0.2, -0.15) is 0 Å². The van der Waals surface area contributed by atoms with Gasteiger partial charge in [-0.15, -0.1) is 10.2 Å². The number of hydrogen-bond donors (Lipinski definition) is 1. The van der Waals surface area contributed by atoms with Crippen LogP contribution in [0.2, 0.25) is 0 Å². The molecule has 0 aliphatic carbocycles. The van der Waals surface area contributed by atoms with E-state index in [2.05, 4.69) is 19.7 Å². The van der Waals surface area contributed by atoms with Gasteiger partial charge in [0.05, 0.1) is 24.9 Å². The van der Waals surface area contributed by atoms with E-state index in [9.17, 15) is 13.2 Å². The third-order valence-electron chi connectivity index (χ3n) is 3.30. The lowest BCUT2D eigenvalue weighted by Gasteiger charge is -2.13. The maximum absolute atomic E-state index is 12.6. The molecule has 8 nitrogen and oxygen atoms in total. The first-order valence-electron chi connectivity index (χ1n) is 7.50. The van der Waals surface area contributed by atoms with Gasteiger partial charge in [-0.3, -0.25) is 9.52 Å². The zero-order chi connectivity index (χ0) is 19.3. The Kier molecular flexibility index (Phi) is 6.84. The number of nitrogens with zero attached hydrogens (tertiary/aromatic N) is 2. The molecule has 26 heavy (non-hydrogen) atoms. The second-order valence-electron chi connectivity index (χ2n) is 5.40. The van der Waals surface area contributed by atoms with Crippen LogP contribution in [0.5, 0.6) is 5.75 Å². The lowest BCUT2D eigenvalue weighted by molar-refractivity contribution is -0.137. The minimum absolute atomic E-state index is 0.0775. The number of nitrogens with one attached hydrogen (secondary N) is 1. The Balaban J connectivity index is 2.17. The van der Waals surface area contributed by atoms with Crippen LogP contribution in [-0.2, 0) is 19.6 Å². The Bertz CT molecular complexity index is 880. The molecular formula is C15H19N3O5S3. The Morgan fingerprint density at radius 2 is 2.04 bits per heavy atom. The van der Waals surface area contributed by atoms with Crippen LogP contribution in [0.15, 0.2) is 27.4 Å². The van der Waals surface area contributed by atoms with Crippen molar-refractivity contribution in [2.24, 2.45) is 0 Å². The first-order chi connectivity index (χ1) is 12.3. The van der Waals surface area contributed by atoms with Crippen molar-refractivity contribution in [1.82, 2.24) is 10.2 Å². The van der Waals surface area contributed by atoms with E-state index in [0.29, 0.717) is 10.1 Å². The van der Waals surface area contributed by atoms with E-state index in [-0.39, 0.29) is 21.7 Å². The Morgan fingerprint density at radius 1 is 1.31 bits per heavy atom. The van der Waals surface area contributed by atoms with Crippen LogP contribution in [-0.4, -0.2) is 44.6 Å². The first-order valence-corrected chi connectivity index (χ1v) is 10.8. The van der Waals surface area contributed by atoms with Crippen molar-refractivity contribution in [3.05, 3.63) is 23.8 Å². The van der Waals surface area contributed by atoms with Gasteiger partial charge in [-0.05, 0) is 29.7 Å². The number of carbonyl (C=O) groups is 1. The molecule has 0 aliphatic heterocycles. The molecule has 1 aromatic heterocycles. The van der Waals surface area contributed by atoms with Crippen LogP contribution >= 0.6 is 23.1 Å². The minimum atomic E-state index is -3.82. The fourth-order valence-corrected chi connectivity index (χ4v) is 4.84. The smallest absolute Gasteiger partial charge is 0.316 e. The van der Waals surface area contributed by atoms with Gasteiger partial charge in [0, 0.05) is 0 Å². The van der Waals surface area contributed by atoms with E-state index in [1.54, 1.807) is 19.2 Å². The second-order valence-corrected chi connectivity index (χ2v) is 9.28. The average molecular weight is 418 g/mol. The monoisotopic (exact) mass is 417 g/mol. The Hall–Kier alpha value is -1.85. The van der Waals surface area contributed by atoms with Gasteiger partial charge in [-0.25, -0.2) is 8.42 Å². The van der Waals surface area contributed by atoms with Crippen molar-refractivity contribution in [3.63, 3.8) is 0 Å². The maximum atomic E-state index is 12.6. The number of methoxy groups -OCH3 is 2. The maximum Gasteiger partial charge on any atom is 0.316 e. The minimum Gasteiger partial charge on any atom is -0.496 e. The molecule has 0 bridgehead atoms. The number of carbonyl (C=O) groups excluding carboxylic acids is 1. The molecule has 0 saturated carbocycles. The molecule has 0 fully saturated rings. The van der Waals surface area contributed by atoms with Gasteiger partial charge < -0.3 is 9.47 Å². The zero-order valence-electron chi connectivity index (χ0n) is 14.7. The van der Waals surface area contributed by atoms with Crippen molar-refractivity contribution >= 4 is 44.2 Å². The molecule has 1 aromatic carbocycles. The summed E-state index contributed by atoms with van der Waals surface area (Å²) in [6.07, 6.45) is 0. The summed E-state index contributed by atoms with van der Waals surface area (Å²) in [6.45, 7) is 3.91. The van der Waals surface area contributed by atoms with Gasteiger partial charge in [0.2, 0.25) is 5.13 Å². The first kappa shape index (κ1) is 20.5. The molecule has 1 heterocycles. The van der Waals surface area contributed by atoms with E-state index in [1.165, 1.54) is 13.2 Å². The van der Waals surface area contributed by atoms with Gasteiger partial charge in [0.25, 0.3) is 10.0 Å². The van der Waals surface area contributed by atoms with Crippen molar-refractivity contribution in [3.8, 4) is 5.75 Å². The molecule has 1 N–H and O–H groups in total. The van der Waals surface area contributed by atoms with E-state index < -0.39 is 16.0 Å². The Labute approximate surface area is 160 Å². The van der Waals surface area contributed by atoms with Crippen LogP contribution in [0.3, 0.4) is 0 Å². The van der Waals surface area contributed by atoms with Crippen LogP contribution in [0.25, 0.3) is 0 Å². The fraction of sp³-hybridized carbons (Fsp3) is 0.400. The highest BCUT2D eigenvalue weighted by Crippen LogP contribution is 2.31. The van der Waals surface area contributed by atoms with Gasteiger partial charge in [0.1, 0.15) is 5.75 Å². The van der Waals surface area contributed by atoms with Gasteiger partial charge in [-0.1, -0.05) is 36.9 Å². The summed E-state index contributed by atoms with van der Waals surface area (Å²) >= 11 is 2.17. The predicted molar refractivity (Wildman–Crippen MR) is 101 cm³/mol. The lowest BCUT2D eigenvalue weighted by Crippen LogP contribution is -2.13. The van der Waals surface area contributed by atoms with E-state index in [1.807, 2.05) is 13.8 Å². The number of anilines is 1. The number of benzene rings is 1. The molecule has 0 atom stereocenters. The number of sulfonamides is 1. The normalized spacial score (nSPS) is 11.4. The number of ether oxygens (including phenoxy) is 2. The molecule has 11 heteroatoms. The highest BCUT2D eigenvalue weighted by Gasteiger charge is 2.20. The Morgan fingerprint density at radius 3 is 2.65 bits per heavy atom. The van der Waals surface area contributed by atoms with Crippen molar-refractivity contribution in [1.29, 1.82) is 0 Å². The van der Waals surface area contributed by atoms with Crippen LogP contribution < -0.4 is 9.46 Å². The lowest BCUT2D eigenvalue weighted by atomic mass is 10.0. The molecule has 0 radical (unpaired) electrons. The fourth-order valence-electron chi connectivity index (χ4n) is 1.99. The summed E-state index contributed by atoms with van der Waals surface area (Å²) in [5.74, 6) is 0.416. The molecule has 0 unspecified atom stereocenters. The number of rotatable bonds is 8. The van der Waals surface area contributed by atoms with E-state index >= 15 is 0 Å². The third-order valence-corrected chi connectivity index (χ3v) is 6.71. The summed E-state index contributed by atoms with van der Waals surface area (Å²) in [6, 6.07) is 4.68. The average Bonchev–Trinajstić information content (AvgIpc) is 3.05. The summed E-state index contributed by atoms with van der Waals surface area (Å²) in [7, 11) is -0.977. The number of esters is 1. The van der Waals surface area contributed by atoms with E-state index in [4.69, 9.17) is 4.74 Å². The second kappa shape index (κ2) is 8.69. The summed E-state index contributed by atoms with van der Waals surface area (Å²) in [4.78, 5) is 11.2. The molecular weight excluding hydrogens is 398 g/mol. The number of aromatic nitrogens is 2. The number of hydrogen-bond acceptors (Lipinski definition) is 9. The van der Waals surface area contributed by atoms with Crippen molar-refractivity contribution in [2.45, 2.75) is 29.0 Å². The van der Waals surface area contributed by atoms with Crippen LogP contribution in [0.4, 0.5) is 5.13 Å². The van der Waals surface area contributed by atoms with Crippen molar-refractivity contribution in [2.75, 3.05) is 24.7 Å². The van der Waals surface area contributed by atoms with Crippen molar-refractivity contribution < 1.29 is 22.7 Å². The summed E-state index contributed by atoms with van der Waals surface area (Å²) in [5.41, 5.74) is 0.793. The van der Waals surface area contributed by atoms with Gasteiger partial charge >= 0.3 is 5.97 Å². The summed E-state index contributed by atoms with van der Waals surface area (Å²) < 4.78 is 37.9. The molecule has 2 aromatic rings. The quantitative estimate of drug-likeness (QED) is 0.516. The molecule has 2 rings (SSSR count). The molecule has 0 spiro atoms. The molecule has 0 amide bonds. The summed E-state index contributed by atoms with van der Waals surface area (Å²) in [5, 5.41) is 7.78. The highest BCUT2D eigenvalue weighted by molar-refractivity contribution is 8.01.